The minimum atomic E-state index is -4.76. The number of allylic oxidation sites excluding steroid dienone is 3. The summed E-state index contributed by atoms with van der Waals surface area (Å²) in [4.78, 5) is 29.0. The molecule has 0 amide bonds. The van der Waals surface area contributed by atoms with E-state index in [1.807, 2.05) is 19.9 Å². The first kappa shape index (κ1) is 28.3. The van der Waals surface area contributed by atoms with Gasteiger partial charge in [0.2, 0.25) is 0 Å². The fourth-order valence-electron chi connectivity index (χ4n) is 5.16. The third kappa shape index (κ3) is 5.26. The van der Waals surface area contributed by atoms with E-state index in [-0.39, 0.29) is 40.8 Å². The molecule has 1 aliphatic carbocycles. The number of carbonyl (C=O) groups excluding carboxylic acids is 1. The number of nitrogens with zero attached hydrogens (tertiary/aromatic N) is 1. The summed E-state index contributed by atoms with van der Waals surface area (Å²) in [5, 5.41) is 13.5. The highest BCUT2D eigenvalue weighted by Gasteiger charge is 2.43. The first-order chi connectivity index (χ1) is 18.4. The van der Waals surface area contributed by atoms with Crippen LogP contribution >= 0.6 is 0 Å². The van der Waals surface area contributed by atoms with Crippen molar-refractivity contribution in [3.8, 4) is 5.75 Å². The Morgan fingerprint density at radius 2 is 1.85 bits per heavy atom. The molecule has 4 rings (SSSR count). The average Bonchev–Trinajstić information content (AvgIpc) is 2.86. The Morgan fingerprint density at radius 3 is 2.44 bits per heavy atom. The van der Waals surface area contributed by atoms with Crippen LogP contribution in [0.1, 0.15) is 71.0 Å². The van der Waals surface area contributed by atoms with Crippen molar-refractivity contribution in [2.24, 2.45) is 16.8 Å². The van der Waals surface area contributed by atoms with Gasteiger partial charge in [-0.1, -0.05) is 32.1 Å². The van der Waals surface area contributed by atoms with Gasteiger partial charge < -0.3 is 15.2 Å². The molecule has 2 aromatic carbocycles. The number of carboxylic acids is 1. The predicted octanol–water partition coefficient (Wildman–Crippen LogP) is 5.23. The molecule has 0 radical (unpaired) electrons. The van der Waals surface area contributed by atoms with Crippen molar-refractivity contribution >= 4 is 33.3 Å². The molecule has 0 saturated carbocycles. The summed E-state index contributed by atoms with van der Waals surface area (Å²) in [6, 6.07) is 8.23. The summed E-state index contributed by atoms with van der Waals surface area (Å²) in [6.07, 6.45) is 3.23. The number of rotatable bonds is 8. The van der Waals surface area contributed by atoms with Crippen LogP contribution < -0.4 is 10.1 Å². The molecule has 39 heavy (non-hydrogen) atoms. The highest BCUT2D eigenvalue weighted by Crippen LogP contribution is 2.51. The zero-order chi connectivity index (χ0) is 28.6. The normalized spacial score (nSPS) is 19.5. The summed E-state index contributed by atoms with van der Waals surface area (Å²) < 4.78 is 41.7. The molecule has 206 valence electrons. The first-order valence-electron chi connectivity index (χ1n) is 12.8. The Kier molecular flexibility index (Phi) is 7.81. The fourth-order valence-corrected chi connectivity index (χ4v) is 5.99. The lowest BCUT2D eigenvalue weighted by atomic mass is 9.73. The molecule has 0 aromatic heterocycles. The number of hydrogen-bond acceptors (Lipinski definition) is 7. The number of carboxylic acid groups (broad SMARTS) is 1. The molecule has 0 fully saturated rings. The Morgan fingerprint density at radius 1 is 1.13 bits per heavy atom. The molecule has 2 aromatic rings. The topological polar surface area (TPSA) is 142 Å². The number of ketones is 1. The van der Waals surface area contributed by atoms with E-state index in [2.05, 4.69) is 10.3 Å². The highest BCUT2D eigenvalue weighted by molar-refractivity contribution is 7.91. The van der Waals surface area contributed by atoms with Gasteiger partial charge >= 0.3 is 5.97 Å². The van der Waals surface area contributed by atoms with Crippen LogP contribution in [0.3, 0.4) is 0 Å². The number of fused-ring (bicyclic) bond motifs is 2. The quantitative estimate of drug-likeness (QED) is 0.298. The SMILES string of the molecule is CCN=C1C=CC2C(=C1S(=O)(=O)O)Oc1cc(NCC)c(C)cc1C2c1ccc(C(=O)C(C)C)cc1C(=O)O. The van der Waals surface area contributed by atoms with E-state index in [4.69, 9.17) is 4.74 Å². The van der Waals surface area contributed by atoms with Gasteiger partial charge in [-0.05, 0) is 50.1 Å². The van der Waals surface area contributed by atoms with Crippen LogP contribution in [0.5, 0.6) is 5.75 Å². The van der Waals surface area contributed by atoms with Gasteiger partial charge in [0, 0.05) is 53.7 Å². The van der Waals surface area contributed by atoms with Crippen LogP contribution in [-0.2, 0) is 10.1 Å². The summed E-state index contributed by atoms with van der Waals surface area (Å²) in [5.74, 6) is -2.88. The number of benzene rings is 2. The van der Waals surface area contributed by atoms with E-state index < -0.39 is 32.8 Å². The number of aliphatic imine (C=N–C) groups is 1. The van der Waals surface area contributed by atoms with Crippen LogP contribution in [0.15, 0.2) is 58.1 Å². The number of aromatic carboxylic acids is 1. The third-order valence-electron chi connectivity index (χ3n) is 6.87. The van der Waals surface area contributed by atoms with Gasteiger partial charge in [0.05, 0.1) is 11.3 Å². The average molecular weight is 553 g/mol. The lowest BCUT2D eigenvalue weighted by molar-refractivity contribution is 0.0694. The molecule has 1 aliphatic heterocycles. The zero-order valence-electron chi connectivity index (χ0n) is 22.5. The van der Waals surface area contributed by atoms with E-state index in [1.54, 1.807) is 45.0 Å². The second-order valence-electron chi connectivity index (χ2n) is 9.85. The number of nitrogens with one attached hydrogen (secondary N) is 1. The lowest BCUT2D eigenvalue weighted by Crippen LogP contribution is -2.32. The maximum Gasteiger partial charge on any atom is 0.336 e. The number of carbonyl (C=O) groups is 2. The van der Waals surface area contributed by atoms with Crippen molar-refractivity contribution in [3.63, 3.8) is 0 Å². The first-order valence-corrected chi connectivity index (χ1v) is 14.2. The van der Waals surface area contributed by atoms with E-state index >= 15 is 0 Å². The molecule has 1 heterocycles. The van der Waals surface area contributed by atoms with Crippen LogP contribution in [0, 0.1) is 18.8 Å². The molecular weight excluding hydrogens is 520 g/mol. The molecule has 3 N–H and O–H groups in total. The molecule has 2 atom stereocenters. The Hall–Kier alpha value is -3.76. The van der Waals surface area contributed by atoms with Gasteiger partial charge in [0.1, 0.15) is 11.5 Å². The zero-order valence-corrected chi connectivity index (χ0v) is 23.3. The Bertz CT molecular complexity index is 1550. The monoisotopic (exact) mass is 552 g/mol. The van der Waals surface area contributed by atoms with Gasteiger partial charge in [-0.2, -0.15) is 8.42 Å². The number of hydrogen-bond donors (Lipinski definition) is 3. The Labute approximate surface area is 228 Å². The van der Waals surface area contributed by atoms with Gasteiger partial charge in [-0.15, -0.1) is 0 Å². The minimum absolute atomic E-state index is 0.0327. The largest absolute Gasteiger partial charge is 0.478 e. The van der Waals surface area contributed by atoms with Crippen molar-refractivity contribution in [2.45, 2.75) is 40.5 Å². The molecule has 0 bridgehead atoms. The number of anilines is 1. The van der Waals surface area contributed by atoms with Crippen LogP contribution in [0.2, 0.25) is 0 Å². The van der Waals surface area contributed by atoms with E-state index in [1.165, 1.54) is 12.1 Å². The van der Waals surface area contributed by atoms with Crippen molar-refractivity contribution in [2.75, 3.05) is 18.4 Å². The van der Waals surface area contributed by atoms with Crippen molar-refractivity contribution in [3.05, 3.63) is 81.0 Å². The highest BCUT2D eigenvalue weighted by atomic mass is 32.2. The van der Waals surface area contributed by atoms with Crippen LogP contribution in [0.4, 0.5) is 5.69 Å². The number of ether oxygens (including phenoxy) is 1. The fraction of sp³-hybridized carbons (Fsp3) is 0.345. The maximum absolute atomic E-state index is 12.7. The van der Waals surface area contributed by atoms with E-state index in [0.29, 0.717) is 23.4 Å². The van der Waals surface area contributed by atoms with Gasteiger partial charge in [0.25, 0.3) is 10.1 Å². The maximum atomic E-state index is 12.7. The second-order valence-corrected chi connectivity index (χ2v) is 11.2. The number of Topliss-reactive ketones (excluding diaryl/α,β-unsaturated/α-hetero) is 1. The Balaban J connectivity index is 2.06. The van der Waals surface area contributed by atoms with Crippen LogP contribution in [-0.4, -0.2) is 48.6 Å². The van der Waals surface area contributed by atoms with E-state index in [9.17, 15) is 27.7 Å². The summed E-state index contributed by atoms with van der Waals surface area (Å²) in [6.45, 7) is 9.98. The number of aryl methyl sites for hydroxylation is 1. The summed E-state index contributed by atoms with van der Waals surface area (Å²) in [5.41, 5.74) is 2.98. The molecule has 2 unspecified atom stereocenters. The molecular formula is C29H32N2O7S. The standard InChI is InChI=1S/C29H32N2O7S/c1-6-30-22-11-10-19-25(18-9-8-17(26(32)15(3)4)13-20(18)29(33)34)21-12-16(5)23(31-7-2)14-24(21)38-27(19)28(22)39(35,36)37/h8-15,19,25,31H,6-7H2,1-5H3,(H,33,34)(H,35,36,37). The lowest BCUT2D eigenvalue weighted by Gasteiger charge is -2.37. The van der Waals surface area contributed by atoms with E-state index in [0.717, 1.165) is 11.3 Å². The van der Waals surface area contributed by atoms with Crippen molar-refractivity contribution < 1.29 is 32.4 Å². The predicted molar refractivity (Wildman–Crippen MR) is 150 cm³/mol. The van der Waals surface area contributed by atoms with Crippen molar-refractivity contribution in [1.29, 1.82) is 0 Å². The van der Waals surface area contributed by atoms with Gasteiger partial charge in [-0.25, -0.2) is 4.79 Å². The third-order valence-corrected chi connectivity index (χ3v) is 7.80. The molecule has 10 heteroatoms. The minimum Gasteiger partial charge on any atom is -0.478 e. The summed E-state index contributed by atoms with van der Waals surface area (Å²) in [7, 11) is -4.76. The smallest absolute Gasteiger partial charge is 0.336 e. The van der Waals surface area contributed by atoms with Gasteiger partial charge in [-0.3, -0.25) is 14.3 Å². The molecule has 2 aliphatic rings. The van der Waals surface area contributed by atoms with Gasteiger partial charge in [0.15, 0.2) is 10.7 Å². The summed E-state index contributed by atoms with van der Waals surface area (Å²) >= 11 is 0. The molecule has 0 spiro atoms. The molecule has 0 saturated heterocycles. The van der Waals surface area contributed by atoms with Crippen LogP contribution in [0.25, 0.3) is 0 Å². The van der Waals surface area contributed by atoms with Crippen molar-refractivity contribution in [1.82, 2.24) is 0 Å². The molecule has 9 nitrogen and oxygen atoms in total. The second kappa shape index (κ2) is 10.8.